The van der Waals surface area contributed by atoms with Gasteiger partial charge in [-0.25, -0.2) is 0 Å². The zero-order chi connectivity index (χ0) is 15.1. The van der Waals surface area contributed by atoms with Crippen molar-refractivity contribution in [3.05, 3.63) is 47.5 Å². The number of rotatable bonds is 2. The predicted octanol–water partition coefficient (Wildman–Crippen LogP) is 2.69. The van der Waals surface area contributed by atoms with E-state index < -0.39 is 0 Å². The zero-order valence-electron chi connectivity index (χ0n) is 12.7. The van der Waals surface area contributed by atoms with Gasteiger partial charge < -0.3 is 0 Å². The summed E-state index contributed by atoms with van der Waals surface area (Å²) in [6.45, 7) is 2.47. The van der Waals surface area contributed by atoms with Gasteiger partial charge in [0.05, 0.1) is 18.4 Å². The third-order valence-electron chi connectivity index (χ3n) is 6.53. The molecule has 1 aliphatic heterocycles. The lowest BCUT2D eigenvalue weighted by Crippen LogP contribution is -2.34. The molecule has 1 heterocycles. The van der Waals surface area contributed by atoms with E-state index in [2.05, 4.69) is 12.2 Å². The van der Waals surface area contributed by atoms with Gasteiger partial charge in [0.1, 0.15) is 0 Å². The second-order valence-electron chi connectivity index (χ2n) is 7.41. The third kappa shape index (κ3) is 1.33. The van der Waals surface area contributed by atoms with Gasteiger partial charge in [-0.05, 0) is 48.1 Å². The van der Waals surface area contributed by atoms with Gasteiger partial charge in [0.2, 0.25) is 11.8 Å². The summed E-state index contributed by atoms with van der Waals surface area (Å²) in [5.74, 6) is 0.632. The number of benzene rings is 1. The van der Waals surface area contributed by atoms with Crippen molar-refractivity contribution in [1.82, 2.24) is 4.90 Å². The quantitative estimate of drug-likeness (QED) is 0.621. The zero-order valence-corrected chi connectivity index (χ0v) is 12.7. The lowest BCUT2D eigenvalue weighted by Gasteiger charge is -2.22. The maximum absolute atomic E-state index is 12.9. The highest BCUT2D eigenvalue weighted by Gasteiger charge is 2.73. The molecule has 3 heteroatoms. The van der Waals surface area contributed by atoms with E-state index >= 15 is 0 Å². The Morgan fingerprint density at radius 2 is 1.64 bits per heavy atom. The van der Waals surface area contributed by atoms with Gasteiger partial charge in [-0.2, -0.15) is 0 Å². The van der Waals surface area contributed by atoms with Crippen LogP contribution in [0, 0.1) is 36.0 Å². The lowest BCUT2D eigenvalue weighted by molar-refractivity contribution is -0.141. The number of allylic oxidation sites excluding steroid dienone is 2. The summed E-state index contributed by atoms with van der Waals surface area (Å²) in [6, 6.07) is 8.01. The maximum Gasteiger partial charge on any atom is 0.234 e. The largest absolute Gasteiger partial charge is 0.278 e. The average molecular weight is 293 g/mol. The van der Waals surface area contributed by atoms with Crippen molar-refractivity contribution in [2.75, 3.05) is 0 Å². The molecule has 1 saturated heterocycles. The first kappa shape index (κ1) is 12.6. The van der Waals surface area contributed by atoms with Crippen LogP contribution in [0.5, 0.6) is 0 Å². The van der Waals surface area contributed by atoms with Crippen molar-refractivity contribution >= 4 is 11.8 Å². The van der Waals surface area contributed by atoms with Crippen LogP contribution in [-0.2, 0) is 16.1 Å². The van der Waals surface area contributed by atoms with Crippen LogP contribution >= 0.6 is 0 Å². The Morgan fingerprint density at radius 3 is 2.18 bits per heavy atom. The Bertz CT molecular complexity index is 697. The number of carbonyl (C=O) groups excluding carboxylic acids is 2. The summed E-state index contributed by atoms with van der Waals surface area (Å²) in [4.78, 5) is 27.3. The Hall–Kier alpha value is -1.90. The second kappa shape index (κ2) is 3.89. The van der Waals surface area contributed by atoms with Crippen molar-refractivity contribution < 1.29 is 9.59 Å². The minimum Gasteiger partial charge on any atom is -0.278 e. The molecule has 3 fully saturated rings. The van der Waals surface area contributed by atoms with Gasteiger partial charge in [0.25, 0.3) is 0 Å². The molecular formula is C19H19NO2. The predicted molar refractivity (Wildman–Crippen MR) is 81.5 cm³/mol. The summed E-state index contributed by atoms with van der Waals surface area (Å²) in [6.07, 6.45) is 6.84. The molecule has 4 aliphatic rings. The maximum atomic E-state index is 12.9. The van der Waals surface area contributed by atoms with Gasteiger partial charge in [-0.1, -0.05) is 36.4 Å². The molecule has 0 radical (unpaired) electrons. The van der Waals surface area contributed by atoms with Gasteiger partial charge in [-0.3, -0.25) is 14.5 Å². The van der Waals surface area contributed by atoms with Crippen LogP contribution in [0.25, 0.3) is 0 Å². The van der Waals surface area contributed by atoms with Gasteiger partial charge in [0.15, 0.2) is 0 Å². The first-order chi connectivity index (χ1) is 10.6. The summed E-state index contributed by atoms with van der Waals surface area (Å²) in [5, 5.41) is 0. The van der Waals surface area contributed by atoms with E-state index in [1.54, 1.807) is 0 Å². The fourth-order valence-electron chi connectivity index (χ4n) is 5.25. The number of nitrogens with zero attached hydrogens (tertiary/aromatic N) is 1. The van der Waals surface area contributed by atoms with Crippen LogP contribution in [-0.4, -0.2) is 16.7 Å². The molecule has 1 aromatic carbocycles. The van der Waals surface area contributed by atoms with E-state index in [9.17, 15) is 9.59 Å². The van der Waals surface area contributed by atoms with Crippen LogP contribution in [0.3, 0.4) is 0 Å². The fourth-order valence-corrected chi connectivity index (χ4v) is 5.25. The summed E-state index contributed by atoms with van der Waals surface area (Å²) < 4.78 is 0. The smallest absolute Gasteiger partial charge is 0.234 e. The number of imide groups is 1. The second-order valence-corrected chi connectivity index (χ2v) is 7.41. The van der Waals surface area contributed by atoms with E-state index in [1.165, 1.54) is 17.7 Å². The van der Waals surface area contributed by atoms with Crippen LogP contribution in [0.1, 0.15) is 24.0 Å². The first-order valence-corrected chi connectivity index (χ1v) is 8.21. The van der Waals surface area contributed by atoms with E-state index in [-0.39, 0.29) is 29.1 Å². The van der Waals surface area contributed by atoms with Crippen LogP contribution < -0.4 is 0 Å². The number of amides is 2. The van der Waals surface area contributed by atoms with Crippen LogP contribution in [0.15, 0.2) is 36.4 Å². The molecule has 2 bridgehead atoms. The van der Waals surface area contributed by atoms with Crippen molar-refractivity contribution in [1.29, 1.82) is 0 Å². The topological polar surface area (TPSA) is 37.4 Å². The van der Waals surface area contributed by atoms with Crippen molar-refractivity contribution in [3.63, 3.8) is 0 Å². The van der Waals surface area contributed by atoms with Gasteiger partial charge in [-0.15, -0.1) is 0 Å². The summed E-state index contributed by atoms with van der Waals surface area (Å²) in [5.41, 5.74) is 2.50. The Morgan fingerprint density at radius 1 is 1.05 bits per heavy atom. The van der Waals surface area contributed by atoms with E-state index in [4.69, 9.17) is 0 Å². The fraction of sp³-hybridized carbons (Fsp3) is 0.474. The molecule has 3 aliphatic carbocycles. The lowest BCUT2D eigenvalue weighted by atomic mass is 9.85. The molecule has 0 N–H and O–H groups in total. The molecule has 2 amide bonds. The number of likely N-dealkylation sites (tertiary alicyclic amines) is 1. The van der Waals surface area contributed by atoms with Crippen molar-refractivity contribution in [2.45, 2.75) is 26.3 Å². The molecule has 2 saturated carbocycles. The number of aryl methyl sites for hydroxylation is 1. The molecule has 22 heavy (non-hydrogen) atoms. The Labute approximate surface area is 130 Å². The summed E-state index contributed by atoms with van der Waals surface area (Å²) in [7, 11) is 0. The molecule has 0 unspecified atom stereocenters. The number of hydrogen-bond donors (Lipinski definition) is 0. The van der Waals surface area contributed by atoms with Crippen LogP contribution in [0.4, 0.5) is 0 Å². The third-order valence-corrected chi connectivity index (χ3v) is 6.53. The molecule has 112 valence electrons. The highest BCUT2D eigenvalue weighted by atomic mass is 16.2. The molecule has 4 atom stereocenters. The number of carbonyl (C=O) groups is 2. The minimum absolute atomic E-state index is 0.0707. The van der Waals surface area contributed by atoms with Crippen molar-refractivity contribution in [2.24, 2.45) is 29.1 Å². The van der Waals surface area contributed by atoms with Crippen molar-refractivity contribution in [3.8, 4) is 0 Å². The summed E-state index contributed by atoms with van der Waals surface area (Å²) >= 11 is 0. The average Bonchev–Trinajstić information content (AvgIpc) is 3.12. The molecule has 5 rings (SSSR count). The minimum atomic E-state index is -0.0750. The molecule has 0 aromatic heterocycles. The monoisotopic (exact) mass is 293 g/mol. The standard InChI is InChI=1S/C19H19NO2/c1-11-4-2-3-5-12(11)10-20-17(21)15-13-6-7-14(16(15)18(20)22)19(13)8-9-19/h2-7,13-16H,8-10H2,1H3/t13-,14-,15+,16+/m1/s1. The molecule has 3 nitrogen and oxygen atoms in total. The number of hydrogen-bond acceptors (Lipinski definition) is 2. The molecule has 1 aromatic rings. The SMILES string of the molecule is Cc1ccccc1CN1C(=O)[C@@H]2[C@@H](C1=O)[C@H]1C=C[C@H]2C12CC2. The normalized spacial score (nSPS) is 36.5. The Kier molecular flexibility index (Phi) is 2.23. The highest BCUT2D eigenvalue weighted by molar-refractivity contribution is 6.06. The molecule has 1 spiro atoms. The number of fused-ring (bicyclic) bond motifs is 3. The first-order valence-electron chi connectivity index (χ1n) is 8.21. The van der Waals surface area contributed by atoms with Gasteiger partial charge >= 0.3 is 0 Å². The molecular weight excluding hydrogens is 274 g/mol. The van der Waals surface area contributed by atoms with Crippen LogP contribution in [0.2, 0.25) is 0 Å². The highest BCUT2D eigenvalue weighted by Crippen LogP contribution is 2.73. The van der Waals surface area contributed by atoms with Gasteiger partial charge in [0, 0.05) is 0 Å². The van der Waals surface area contributed by atoms with E-state index in [1.807, 2.05) is 31.2 Å². The van der Waals surface area contributed by atoms with E-state index in [0.29, 0.717) is 18.4 Å². The van der Waals surface area contributed by atoms with E-state index in [0.717, 1.165) is 11.1 Å². The Balaban J connectivity index is 1.48.